The molecule has 1 amide bonds. The maximum atomic E-state index is 13.8. The molecule has 1 aliphatic rings. The van der Waals surface area contributed by atoms with Gasteiger partial charge in [-0.3, -0.25) is 4.79 Å². The van der Waals surface area contributed by atoms with Crippen LogP contribution >= 0.6 is 0 Å². The van der Waals surface area contributed by atoms with E-state index in [4.69, 9.17) is 0 Å². The van der Waals surface area contributed by atoms with E-state index >= 15 is 0 Å². The van der Waals surface area contributed by atoms with Gasteiger partial charge in [0.25, 0.3) is 5.91 Å². The Bertz CT molecular complexity index is 924. The maximum Gasteiger partial charge on any atom is 0.254 e. The molecule has 0 unspecified atom stereocenters. The highest BCUT2D eigenvalue weighted by atomic mass is 19.1. The van der Waals surface area contributed by atoms with Crippen LogP contribution in [0.1, 0.15) is 34.5 Å². The fraction of sp³-hybridized carbons (Fsp3) is 0.250. The molecule has 122 valence electrons. The average molecular weight is 322 g/mol. The minimum absolute atomic E-state index is 0.0371. The monoisotopic (exact) mass is 322 g/mol. The molecule has 1 aliphatic carbocycles. The third-order valence-corrected chi connectivity index (χ3v) is 4.98. The molecule has 4 heteroatoms. The number of rotatable bonds is 4. The van der Waals surface area contributed by atoms with Crippen molar-refractivity contribution in [3.05, 3.63) is 71.2 Å². The second kappa shape index (κ2) is 5.48. The zero-order chi connectivity index (χ0) is 16.7. The first-order chi connectivity index (χ1) is 11.6. The fourth-order valence-electron chi connectivity index (χ4n) is 3.62. The van der Waals surface area contributed by atoms with E-state index in [1.165, 1.54) is 23.1 Å². The molecule has 0 bridgehead atoms. The van der Waals surface area contributed by atoms with Crippen LogP contribution in [0.5, 0.6) is 0 Å². The number of aromatic amines is 1. The lowest BCUT2D eigenvalue weighted by molar-refractivity contribution is 0.0945. The number of halogens is 1. The van der Waals surface area contributed by atoms with E-state index in [0.29, 0.717) is 6.54 Å². The Balaban J connectivity index is 1.59. The van der Waals surface area contributed by atoms with Crippen LogP contribution in [0.3, 0.4) is 0 Å². The minimum Gasteiger partial charge on any atom is -0.358 e. The summed E-state index contributed by atoms with van der Waals surface area (Å²) in [6.07, 6.45) is 2.07. The van der Waals surface area contributed by atoms with E-state index in [1.807, 2.05) is 12.1 Å². The Hall–Kier alpha value is -2.62. The summed E-state index contributed by atoms with van der Waals surface area (Å²) in [6, 6.07) is 14.3. The molecule has 1 fully saturated rings. The van der Waals surface area contributed by atoms with Gasteiger partial charge in [-0.05, 0) is 43.5 Å². The lowest BCUT2D eigenvalue weighted by Gasteiger charge is -2.17. The summed E-state index contributed by atoms with van der Waals surface area (Å²) in [5.74, 6) is -0.833. The third kappa shape index (κ3) is 2.39. The minimum atomic E-state index is -0.483. The number of hydrogen-bond donors (Lipinski definition) is 2. The molecule has 4 rings (SSSR count). The molecule has 0 spiro atoms. The summed E-state index contributed by atoms with van der Waals surface area (Å²) < 4.78 is 13.8. The van der Waals surface area contributed by atoms with Gasteiger partial charge in [0.05, 0.1) is 5.56 Å². The zero-order valence-electron chi connectivity index (χ0n) is 13.5. The second-order valence-electron chi connectivity index (χ2n) is 6.61. The van der Waals surface area contributed by atoms with Gasteiger partial charge >= 0.3 is 0 Å². The lowest BCUT2D eigenvalue weighted by atomic mass is 9.93. The number of H-pyrrole nitrogens is 1. The van der Waals surface area contributed by atoms with Crippen LogP contribution in [0, 0.1) is 12.7 Å². The van der Waals surface area contributed by atoms with E-state index in [-0.39, 0.29) is 16.9 Å². The zero-order valence-corrected chi connectivity index (χ0v) is 13.5. The van der Waals surface area contributed by atoms with Crippen molar-refractivity contribution in [2.45, 2.75) is 25.2 Å². The molecule has 0 aliphatic heterocycles. The van der Waals surface area contributed by atoms with Crippen molar-refractivity contribution in [2.24, 2.45) is 0 Å². The molecule has 1 heterocycles. The maximum absolute atomic E-state index is 13.8. The van der Waals surface area contributed by atoms with Gasteiger partial charge < -0.3 is 10.3 Å². The van der Waals surface area contributed by atoms with Crippen LogP contribution in [0.25, 0.3) is 10.9 Å². The van der Waals surface area contributed by atoms with Gasteiger partial charge in [0.2, 0.25) is 0 Å². The molecule has 3 nitrogen and oxygen atoms in total. The summed E-state index contributed by atoms with van der Waals surface area (Å²) in [5.41, 5.74) is 3.62. The van der Waals surface area contributed by atoms with Gasteiger partial charge in [0.1, 0.15) is 5.82 Å². The predicted molar refractivity (Wildman–Crippen MR) is 92.7 cm³/mol. The van der Waals surface area contributed by atoms with Crippen molar-refractivity contribution in [1.29, 1.82) is 0 Å². The van der Waals surface area contributed by atoms with E-state index < -0.39 is 5.82 Å². The first-order valence-corrected chi connectivity index (χ1v) is 8.21. The van der Waals surface area contributed by atoms with Crippen molar-refractivity contribution in [3.63, 3.8) is 0 Å². The van der Waals surface area contributed by atoms with Gasteiger partial charge in [-0.15, -0.1) is 0 Å². The highest BCUT2D eigenvalue weighted by Gasteiger charge is 2.47. The number of aryl methyl sites for hydroxylation is 1. The third-order valence-electron chi connectivity index (χ3n) is 4.98. The molecule has 0 radical (unpaired) electrons. The first kappa shape index (κ1) is 14.9. The number of carbonyl (C=O) groups is 1. The van der Waals surface area contributed by atoms with Gasteiger partial charge in [-0.25, -0.2) is 4.39 Å². The number of carbonyl (C=O) groups excluding carboxylic acids is 1. The van der Waals surface area contributed by atoms with Crippen LogP contribution < -0.4 is 5.32 Å². The molecule has 2 N–H and O–H groups in total. The van der Waals surface area contributed by atoms with Crippen LogP contribution in [-0.4, -0.2) is 17.4 Å². The summed E-state index contributed by atoms with van der Waals surface area (Å²) in [7, 11) is 0. The fourth-order valence-corrected chi connectivity index (χ4v) is 3.62. The molecular weight excluding hydrogens is 303 g/mol. The van der Waals surface area contributed by atoms with Crippen molar-refractivity contribution >= 4 is 16.8 Å². The van der Waals surface area contributed by atoms with Crippen molar-refractivity contribution < 1.29 is 9.18 Å². The van der Waals surface area contributed by atoms with E-state index in [9.17, 15) is 9.18 Å². The number of amides is 1. The Morgan fingerprint density at radius 2 is 1.88 bits per heavy atom. The Labute approximate surface area is 139 Å². The van der Waals surface area contributed by atoms with Gasteiger partial charge in [-0.2, -0.15) is 0 Å². The van der Waals surface area contributed by atoms with Crippen molar-refractivity contribution in [1.82, 2.24) is 10.3 Å². The van der Waals surface area contributed by atoms with Crippen LogP contribution in [-0.2, 0) is 5.41 Å². The number of para-hydroxylation sites is 1. The summed E-state index contributed by atoms with van der Waals surface area (Å²) in [4.78, 5) is 15.7. The Morgan fingerprint density at radius 3 is 2.62 bits per heavy atom. The predicted octanol–water partition coefficient (Wildman–Crippen LogP) is 4.08. The average Bonchev–Trinajstić information content (AvgIpc) is 3.28. The molecule has 0 atom stereocenters. The molecular formula is C20H19FN2O. The van der Waals surface area contributed by atoms with Gasteiger partial charge in [0.15, 0.2) is 0 Å². The van der Waals surface area contributed by atoms with Crippen LogP contribution in [0.15, 0.2) is 48.5 Å². The standard InChI is InChI=1S/C20H19FN2O/c1-13-18(15-7-3-5-9-17(15)23-13)20(10-11-20)12-22-19(24)14-6-2-4-8-16(14)21/h2-9,23H,10-12H2,1H3,(H,22,24). The summed E-state index contributed by atoms with van der Waals surface area (Å²) in [6.45, 7) is 2.61. The number of benzene rings is 2. The van der Waals surface area contributed by atoms with E-state index in [0.717, 1.165) is 24.1 Å². The topological polar surface area (TPSA) is 44.9 Å². The molecule has 3 aromatic rings. The molecule has 2 aromatic carbocycles. The number of aromatic nitrogens is 1. The molecule has 24 heavy (non-hydrogen) atoms. The normalized spacial score (nSPS) is 15.4. The van der Waals surface area contributed by atoms with Crippen molar-refractivity contribution in [3.8, 4) is 0 Å². The molecule has 1 aromatic heterocycles. The number of hydrogen-bond acceptors (Lipinski definition) is 1. The SMILES string of the molecule is Cc1[nH]c2ccccc2c1C1(CNC(=O)c2ccccc2F)CC1. The number of nitrogens with one attached hydrogen (secondary N) is 2. The Morgan fingerprint density at radius 1 is 1.17 bits per heavy atom. The van der Waals surface area contributed by atoms with Crippen LogP contribution in [0.2, 0.25) is 0 Å². The van der Waals surface area contributed by atoms with Gasteiger partial charge in [0, 0.05) is 28.6 Å². The second-order valence-corrected chi connectivity index (χ2v) is 6.61. The summed E-state index contributed by atoms with van der Waals surface area (Å²) in [5, 5.41) is 4.15. The molecule has 0 saturated heterocycles. The smallest absolute Gasteiger partial charge is 0.254 e. The first-order valence-electron chi connectivity index (χ1n) is 8.21. The quantitative estimate of drug-likeness (QED) is 0.747. The van der Waals surface area contributed by atoms with E-state index in [1.54, 1.807) is 12.1 Å². The van der Waals surface area contributed by atoms with Gasteiger partial charge in [-0.1, -0.05) is 30.3 Å². The summed E-state index contributed by atoms with van der Waals surface area (Å²) >= 11 is 0. The van der Waals surface area contributed by atoms with E-state index in [2.05, 4.69) is 29.4 Å². The lowest BCUT2D eigenvalue weighted by Crippen LogP contribution is -2.33. The highest BCUT2D eigenvalue weighted by Crippen LogP contribution is 2.51. The molecule has 1 saturated carbocycles. The Kier molecular flexibility index (Phi) is 3.41. The van der Waals surface area contributed by atoms with Crippen molar-refractivity contribution in [2.75, 3.05) is 6.54 Å². The highest BCUT2D eigenvalue weighted by molar-refractivity contribution is 5.94. The number of fused-ring (bicyclic) bond motifs is 1. The van der Waals surface area contributed by atoms with Crippen LogP contribution in [0.4, 0.5) is 4.39 Å². The largest absolute Gasteiger partial charge is 0.358 e.